The Morgan fingerprint density at radius 3 is 2.54 bits per heavy atom. The fraction of sp³-hybridized carbons (Fsp3) is 0.353. The van der Waals surface area contributed by atoms with Crippen LogP contribution in [0.15, 0.2) is 39.9 Å². The van der Waals surface area contributed by atoms with Gasteiger partial charge in [-0.3, -0.25) is 4.79 Å². The van der Waals surface area contributed by atoms with Crippen molar-refractivity contribution in [1.82, 2.24) is 4.31 Å². The molecule has 0 unspecified atom stereocenters. The maximum absolute atomic E-state index is 12.5. The van der Waals surface area contributed by atoms with Crippen molar-refractivity contribution in [3.8, 4) is 0 Å². The number of thiophene rings is 1. The predicted octanol–water partition coefficient (Wildman–Crippen LogP) is 4.20. The van der Waals surface area contributed by atoms with Crippen molar-refractivity contribution < 1.29 is 17.9 Å². The lowest BCUT2D eigenvalue weighted by atomic mass is 9.98. The summed E-state index contributed by atoms with van der Waals surface area (Å²) in [6.07, 6.45) is 0.898. The number of hydrogen-bond donors (Lipinski definition) is 0. The zero-order chi connectivity index (χ0) is 18.7. The number of ether oxygens (including phenoxy) is 1. The maximum Gasteiger partial charge on any atom is 0.309 e. The van der Waals surface area contributed by atoms with E-state index in [0.717, 1.165) is 5.56 Å². The van der Waals surface area contributed by atoms with Gasteiger partial charge in [-0.25, -0.2) is 8.42 Å². The lowest BCUT2D eigenvalue weighted by molar-refractivity contribution is -0.151. The third kappa shape index (κ3) is 4.40. The Kier molecular flexibility index (Phi) is 6.25. The zero-order valence-electron chi connectivity index (χ0n) is 13.7. The topological polar surface area (TPSA) is 63.7 Å². The Labute approximate surface area is 166 Å². The summed E-state index contributed by atoms with van der Waals surface area (Å²) in [5.41, 5.74) is 0.755. The number of nitrogens with zero attached hydrogens (tertiary/aromatic N) is 1. The second-order valence-corrected chi connectivity index (χ2v) is 9.89. The minimum Gasteiger partial charge on any atom is -0.461 e. The molecule has 140 valence electrons. The van der Waals surface area contributed by atoms with Crippen LogP contribution < -0.4 is 0 Å². The van der Waals surface area contributed by atoms with Gasteiger partial charge in [-0.1, -0.05) is 35.3 Å². The molecule has 0 amide bonds. The molecule has 1 aromatic carbocycles. The van der Waals surface area contributed by atoms with Crippen LogP contribution in [-0.2, 0) is 26.2 Å². The van der Waals surface area contributed by atoms with Gasteiger partial charge in [0.15, 0.2) is 0 Å². The van der Waals surface area contributed by atoms with Crippen molar-refractivity contribution >= 4 is 50.5 Å². The first-order valence-electron chi connectivity index (χ1n) is 8.02. The first-order valence-corrected chi connectivity index (χ1v) is 11.1. The molecule has 0 spiro atoms. The average Bonchev–Trinajstić information content (AvgIpc) is 3.18. The van der Waals surface area contributed by atoms with Crippen molar-refractivity contribution in [2.45, 2.75) is 23.7 Å². The van der Waals surface area contributed by atoms with Gasteiger partial charge in [0.05, 0.1) is 16.0 Å². The lowest BCUT2D eigenvalue weighted by Gasteiger charge is -2.29. The van der Waals surface area contributed by atoms with Crippen LogP contribution in [0.2, 0.25) is 10.0 Å². The molecule has 1 saturated heterocycles. The smallest absolute Gasteiger partial charge is 0.309 e. The monoisotopic (exact) mass is 433 g/mol. The molecule has 5 nitrogen and oxygen atoms in total. The molecule has 0 atom stereocenters. The summed E-state index contributed by atoms with van der Waals surface area (Å²) in [4.78, 5) is 12.3. The molecule has 1 fully saturated rings. The Bertz CT molecular complexity index is 876. The van der Waals surface area contributed by atoms with Crippen LogP contribution in [0.4, 0.5) is 0 Å². The molecular weight excluding hydrogens is 417 g/mol. The van der Waals surface area contributed by atoms with E-state index in [4.69, 9.17) is 27.9 Å². The number of carbonyl (C=O) groups is 1. The summed E-state index contributed by atoms with van der Waals surface area (Å²) in [6, 6.07) is 8.37. The SMILES string of the molecule is O=C(OCc1ccc(Cl)c(Cl)c1)C1CCN(S(=O)(=O)c2cccs2)CC1. The highest BCUT2D eigenvalue weighted by Gasteiger charge is 2.33. The molecule has 0 aliphatic carbocycles. The summed E-state index contributed by atoms with van der Waals surface area (Å²) in [7, 11) is -3.46. The molecule has 1 aliphatic rings. The number of rotatable bonds is 5. The predicted molar refractivity (Wildman–Crippen MR) is 102 cm³/mol. The molecule has 9 heteroatoms. The summed E-state index contributed by atoms with van der Waals surface area (Å²) in [5, 5.41) is 2.59. The summed E-state index contributed by atoms with van der Waals surface area (Å²) >= 11 is 13.0. The molecule has 0 bridgehead atoms. The minimum absolute atomic E-state index is 0.115. The first-order chi connectivity index (χ1) is 12.4. The molecule has 1 aliphatic heterocycles. The lowest BCUT2D eigenvalue weighted by Crippen LogP contribution is -2.40. The first kappa shape index (κ1) is 19.6. The van der Waals surface area contributed by atoms with Gasteiger partial charge in [-0.05, 0) is 42.0 Å². The average molecular weight is 434 g/mol. The van der Waals surface area contributed by atoms with Gasteiger partial charge in [0.1, 0.15) is 10.8 Å². The van der Waals surface area contributed by atoms with Crippen LogP contribution in [0.1, 0.15) is 18.4 Å². The second-order valence-electron chi connectivity index (χ2n) is 5.97. The number of hydrogen-bond acceptors (Lipinski definition) is 5. The van der Waals surface area contributed by atoms with Crippen molar-refractivity contribution in [2.75, 3.05) is 13.1 Å². The van der Waals surface area contributed by atoms with Crippen molar-refractivity contribution in [3.63, 3.8) is 0 Å². The molecule has 26 heavy (non-hydrogen) atoms. The van der Waals surface area contributed by atoms with Gasteiger partial charge in [0.25, 0.3) is 10.0 Å². The van der Waals surface area contributed by atoms with Crippen LogP contribution in [-0.4, -0.2) is 31.8 Å². The zero-order valence-corrected chi connectivity index (χ0v) is 16.9. The molecule has 2 heterocycles. The number of carbonyl (C=O) groups excluding carboxylic acids is 1. The molecule has 0 saturated carbocycles. The Morgan fingerprint density at radius 2 is 1.92 bits per heavy atom. The molecule has 0 N–H and O–H groups in total. The van der Waals surface area contributed by atoms with E-state index < -0.39 is 10.0 Å². The Morgan fingerprint density at radius 1 is 1.19 bits per heavy atom. The van der Waals surface area contributed by atoms with E-state index in [1.165, 1.54) is 15.6 Å². The number of benzene rings is 1. The standard InChI is InChI=1S/C17H17Cl2NO4S2/c18-14-4-3-12(10-15(14)19)11-24-17(21)13-5-7-20(8-6-13)26(22,23)16-2-1-9-25-16/h1-4,9-10,13H,5-8,11H2. The normalized spacial score (nSPS) is 16.5. The van der Waals surface area contributed by atoms with Crippen LogP contribution >= 0.6 is 34.5 Å². The Hall–Kier alpha value is -1.12. The highest BCUT2D eigenvalue weighted by atomic mass is 35.5. The van der Waals surface area contributed by atoms with Gasteiger partial charge in [-0.2, -0.15) is 4.31 Å². The number of piperidine rings is 1. The highest BCUT2D eigenvalue weighted by Crippen LogP contribution is 2.27. The van der Waals surface area contributed by atoms with Crippen LogP contribution in [0.25, 0.3) is 0 Å². The van der Waals surface area contributed by atoms with Crippen LogP contribution in [0.3, 0.4) is 0 Å². The fourth-order valence-corrected chi connectivity index (χ4v) is 5.71. The summed E-state index contributed by atoms with van der Waals surface area (Å²) in [6.45, 7) is 0.739. The molecule has 3 rings (SSSR count). The van der Waals surface area contributed by atoms with E-state index in [9.17, 15) is 13.2 Å². The fourth-order valence-electron chi connectivity index (χ4n) is 2.77. The highest BCUT2D eigenvalue weighted by molar-refractivity contribution is 7.91. The van der Waals surface area contributed by atoms with E-state index in [2.05, 4.69) is 0 Å². The number of halogens is 2. The van der Waals surface area contributed by atoms with E-state index in [1.54, 1.807) is 35.7 Å². The van der Waals surface area contributed by atoms with Crippen molar-refractivity contribution in [1.29, 1.82) is 0 Å². The van der Waals surface area contributed by atoms with Gasteiger partial charge < -0.3 is 4.74 Å². The minimum atomic E-state index is -3.46. The van der Waals surface area contributed by atoms with E-state index >= 15 is 0 Å². The summed E-state index contributed by atoms with van der Waals surface area (Å²) < 4.78 is 32.1. The molecule has 1 aromatic heterocycles. The summed E-state index contributed by atoms with van der Waals surface area (Å²) in [5.74, 6) is -0.614. The van der Waals surface area contributed by atoms with Crippen LogP contribution in [0.5, 0.6) is 0 Å². The van der Waals surface area contributed by atoms with Crippen LogP contribution in [0, 0.1) is 5.92 Å². The van der Waals surface area contributed by atoms with Crippen molar-refractivity contribution in [2.24, 2.45) is 5.92 Å². The third-order valence-corrected chi connectivity index (χ3v) is 8.25. The van der Waals surface area contributed by atoms with E-state index in [1.807, 2.05) is 0 Å². The maximum atomic E-state index is 12.5. The van der Waals surface area contributed by atoms with Gasteiger partial charge in [0, 0.05) is 13.1 Å². The Balaban J connectivity index is 1.53. The quantitative estimate of drug-likeness (QED) is 0.662. The van der Waals surface area contributed by atoms with Gasteiger partial charge >= 0.3 is 5.97 Å². The van der Waals surface area contributed by atoms with Gasteiger partial charge in [0.2, 0.25) is 0 Å². The van der Waals surface area contributed by atoms with E-state index in [-0.39, 0.29) is 18.5 Å². The number of esters is 1. The largest absolute Gasteiger partial charge is 0.461 e. The van der Waals surface area contributed by atoms with Gasteiger partial charge in [-0.15, -0.1) is 11.3 Å². The third-order valence-electron chi connectivity index (χ3n) is 4.24. The van der Waals surface area contributed by atoms with Crippen molar-refractivity contribution in [3.05, 3.63) is 51.3 Å². The van der Waals surface area contributed by atoms with E-state index in [0.29, 0.717) is 40.2 Å². The molecular formula is C17H17Cl2NO4S2. The molecule has 2 aromatic rings. The second kappa shape index (κ2) is 8.27. The molecule has 0 radical (unpaired) electrons. The number of sulfonamides is 1.